The molecule has 1 aliphatic rings. The molecule has 11 heavy (non-hydrogen) atoms. The van der Waals surface area contributed by atoms with Crippen LogP contribution in [0.2, 0.25) is 0 Å². The molecule has 1 rings (SSSR count). The van der Waals surface area contributed by atoms with Gasteiger partial charge in [-0.05, 0) is 6.42 Å². The van der Waals surface area contributed by atoms with E-state index in [4.69, 9.17) is 21.0 Å². The normalized spacial score (nSPS) is 30.2. The molecule has 1 fully saturated rings. The van der Waals surface area contributed by atoms with Gasteiger partial charge in [0.15, 0.2) is 0 Å². The van der Waals surface area contributed by atoms with Crippen molar-refractivity contribution in [3.8, 4) is 12.3 Å². The van der Waals surface area contributed by atoms with E-state index in [9.17, 15) is 0 Å². The van der Waals surface area contributed by atoms with E-state index in [0.29, 0.717) is 13.2 Å². The monoisotopic (exact) mass is 156 g/mol. The SMILES string of the molecule is C#CCOC1CCOC1CO. The Kier molecular flexibility index (Phi) is 3.37. The van der Waals surface area contributed by atoms with Crippen LogP contribution in [0.3, 0.4) is 0 Å². The van der Waals surface area contributed by atoms with Crippen LogP contribution < -0.4 is 0 Å². The largest absolute Gasteiger partial charge is 0.394 e. The Morgan fingerprint density at radius 1 is 1.73 bits per heavy atom. The van der Waals surface area contributed by atoms with Crippen molar-refractivity contribution >= 4 is 0 Å². The van der Waals surface area contributed by atoms with Gasteiger partial charge in [0.2, 0.25) is 0 Å². The molecule has 0 amide bonds. The van der Waals surface area contributed by atoms with Crippen molar-refractivity contribution in [2.75, 3.05) is 19.8 Å². The van der Waals surface area contributed by atoms with Gasteiger partial charge in [-0.3, -0.25) is 0 Å². The predicted molar refractivity (Wildman–Crippen MR) is 40.0 cm³/mol. The van der Waals surface area contributed by atoms with Crippen LogP contribution in [-0.4, -0.2) is 37.1 Å². The third kappa shape index (κ3) is 2.19. The highest BCUT2D eigenvalue weighted by Crippen LogP contribution is 2.15. The first-order chi connectivity index (χ1) is 5.38. The molecule has 0 aromatic rings. The van der Waals surface area contributed by atoms with Gasteiger partial charge in [0, 0.05) is 6.61 Å². The zero-order chi connectivity index (χ0) is 8.10. The van der Waals surface area contributed by atoms with Gasteiger partial charge in [-0.2, -0.15) is 0 Å². The maximum Gasteiger partial charge on any atom is 0.107 e. The first-order valence-corrected chi connectivity index (χ1v) is 3.66. The first-order valence-electron chi connectivity index (χ1n) is 3.66. The molecule has 1 aliphatic heterocycles. The van der Waals surface area contributed by atoms with E-state index < -0.39 is 0 Å². The molecule has 0 radical (unpaired) electrons. The fourth-order valence-corrected chi connectivity index (χ4v) is 1.14. The predicted octanol–water partition coefficient (Wildman–Crippen LogP) is -0.214. The second kappa shape index (κ2) is 4.35. The van der Waals surface area contributed by atoms with Crippen LogP contribution in [-0.2, 0) is 9.47 Å². The summed E-state index contributed by atoms with van der Waals surface area (Å²) in [6.45, 7) is 0.959. The van der Waals surface area contributed by atoms with Crippen LogP contribution in [0.15, 0.2) is 0 Å². The van der Waals surface area contributed by atoms with Crippen LogP contribution in [0.5, 0.6) is 0 Å². The van der Waals surface area contributed by atoms with Gasteiger partial charge in [-0.15, -0.1) is 6.42 Å². The summed E-state index contributed by atoms with van der Waals surface area (Å²) in [5.74, 6) is 2.38. The van der Waals surface area contributed by atoms with Crippen molar-refractivity contribution in [2.45, 2.75) is 18.6 Å². The minimum Gasteiger partial charge on any atom is -0.394 e. The number of hydrogen-bond donors (Lipinski definition) is 1. The standard InChI is InChI=1S/C8H12O3/c1-2-4-10-7-3-5-11-8(7)6-9/h1,7-9H,3-6H2. The van der Waals surface area contributed by atoms with E-state index in [0.717, 1.165) is 6.42 Å². The second-order valence-corrected chi connectivity index (χ2v) is 2.43. The minimum atomic E-state index is -0.177. The van der Waals surface area contributed by atoms with E-state index in [-0.39, 0.29) is 18.8 Å². The molecule has 2 unspecified atom stereocenters. The number of hydrogen-bond acceptors (Lipinski definition) is 3. The Bertz CT molecular complexity index is 150. The Hall–Kier alpha value is -0.560. The van der Waals surface area contributed by atoms with Crippen molar-refractivity contribution in [2.24, 2.45) is 0 Å². The minimum absolute atomic E-state index is 0.00916. The van der Waals surface area contributed by atoms with Gasteiger partial charge >= 0.3 is 0 Å². The first kappa shape index (κ1) is 8.54. The van der Waals surface area contributed by atoms with Gasteiger partial charge in [-0.25, -0.2) is 0 Å². The summed E-state index contributed by atoms with van der Waals surface area (Å²) in [7, 11) is 0. The van der Waals surface area contributed by atoms with Crippen LogP contribution in [0.25, 0.3) is 0 Å². The highest BCUT2D eigenvalue weighted by atomic mass is 16.6. The van der Waals surface area contributed by atoms with Gasteiger partial charge < -0.3 is 14.6 Å². The second-order valence-electron chi connectivity index (χ2n) is 2.43. The number of aliphatic hydroxyl groups is 1. The van der Waals surface area contributed by atoms with Crippen molar-refractivity contribution in [3.05, 3.63) is 0 Å². The molecular weight excluding hydrogens is 144 g/mol. The molecule has 1 heterocycles. The number of terminal acetylenes is 1. The van der Waals surface area contributed by atoms with Crippen molar-refractivity contribution < 1.29 is 14.6 Å². The van der Waals surface area contributed by atoms with Gasteiger partial charge in [0.05, 0.1) is 12.7 Å². The Balaban J connectivity index is 2.27. The van der Waals surface area contributed by atoms with Crippen molar-refractivity contribution in [3.63, 3.8) is 0 Å². The van der Waals surface area contributed by atoms with Crippen LogP contribution in [0.1, 0.15) is 6.42 Å². The molecule has 1 N–H and O–H groups in total. The van der Waals surface area contributed by atoms with Crippen LogP contribution in [0.4, 0.5) is 0 Å². The van der Waals surface area contributed by atoms with E-state index >= 15 is 0 Å². The zero-order valence-corrected chi connectivity index (χ0v) is 6.32. The Morgan fingerprint density at radius 3 is 3.18 bits per heavy atom. The summed E-state index contributed by atoms with van der Waals surface area (Å²) < 4.78 is 10.4. The van der Waals surface area contributed by atoms with Crippen LogP contribution >= 0.6 is 0 Å². The lowest BCUT2D eigenvalue weighted by Crippen LogP contribution is -2.27. The summed E-state index contributed by atoms with van der Waals surface area (Å²) in [5, 5.41) is 8.78. The lowest BCUT2D eigenvalue weighted by molar-refractivity contribution is -0.0234. The summed E-state index contributed by atoms with van der Waals surface area (Å²) in [6.07, 6.45) is 5.65. The molecule has 1 saturated heterocycles. The molecule has 0 saturated carbocycles. The smallest absolute Gasteiger partial charge is 0.107 e. The summed E-state index contributed by atoms with van der Waals surface area (Å²) >= 11 is 0. The molecular formula is C8H12O3. The molecule has 3 heteroatoms. The number of ether oxygens (including phenoxy) is 2. The fraction of sp³-hybridized carbons (Fsp3) is 0.750. The molecule has 0 bridgehead atoms. The lowest BCUT2D eigenvalue weighted by Gasteiger charge is -2.14. The van der Waals surface area contributed by atoms with Gasteiger partial charge in [0.25, 0.3) is 0 Å². The number of aliphatic hydroxyl groups excluding tert-OH is 1. The van der Waals surface area contributed by atoms with E-state index in [2.05, 4.69) is 5.92 Å². The fourth-order valence-electron chi connectivity index (χ4n) is 1.14. The molecule has 62 valence electrons. The highest BCUT2D eigenvalue weighted by Gasteiger charge is 2.27. The van der Waals surface area contributed by atoms with Crippen molar-refractivity contribution in [1.29, 1.82) is 0 Å². The van der Waals surface area contributed by atoms with Gasteiger partial charge in [0.1, 0.15) is 12.7 Å². The summed E-state index contributed by atoms with van der Waals surface area (Å²) in [4.78, 5) is 0. The Morgan fingerprint density at radius 2 is 2.55 bits per heavy atom. The average Bonchev–Trinajstić information content (AvgIpc) is 2.47. The molecule has 0 aromatic heterocycles. The molecule has 0 aliphatic carbocycles. The highest BCUT2D eigenvalue weighted by molar-refractivity contribution is 4.85. The maximum atomic E-state index is 8.78. The Labute approximate surface area is 66.3 Å². The molecule has 0 spiro atoms. The lowest BCUT2D eigenvalue weighted by atomic mass is 10.2. The van der Waals surface area contributed by atoms with E-state index in [1.807, 2.05) is 0 Å². The third-order valence-corrected chi connectivity index (χ3v) is 1.71. The molecule has 2 atom stereocenters. The topological polar surface area (TPSA) is 38.7 Å². The van der Waals surface area contributed by atoms with Crippen molar-refractivity contribution in [1.82, 2.24) is 0 Å². The number of rotatable bonds is 3. The van der Waals surface area contributed by atoms with Gasteiger partial charge in [-0.1, -0.05) is 5.92 Å². The quantitative estimate of drug-likeness (QED) is 0.574. The zero-order valence-electron chi connectivity index (χ0n) is 6.32. The van der Waals surface area contributed by atoms with E-state index in [1.165, 1.54) is 0 Å². The van der Waals surface area contributed by atoms with E-state index in [1.54, 1.807) is 0 Å². The molecule has 0 aromatic carbocycles. The summed E-state index contributed by atoms with van der Waals surface area (Å²) in [5.41, 5.74) is 0. The van der Waals surface area contributed by atoms with Crippen LogP contribution in [0, 0.1) is 12.3 Å². The maximum absolute atomic E-state index is 8.78. The average molecular weight is 156 g/mol. The molecule has 3 nitrogen and oxygen atoms in total. The summed E-state index contributed by atoms with van der Waals surface area (Å²) in [6, 6.07) is 0. The third-order valence-electron chi connectivity index (χ3n) is 1.71.